The van der Waals surface area contributed by atoms with Crippen LogP contribution in [0.25, 0.3) is 0 Å². The maximum absolute atomic E-state index is 5.74. The summed E-state index contributed by atoms with van der Waals surface area (Å²) in [6, 6.07) is 0. The van der Waals surface area contributed by atoms with E-state index in [0.717, 1.165) is 0 Å². The summed E-state index contributed by atoms with van der Waals surface area (Å²) in [5.41, 5.74) is 0. The second-order valence-corrected chi connectivity index (χ2v) is 4.16. The van der Waals surface area contributed by atoms with Crippen LogP contribution in [0.5, 0.6) is 0 Å². The zero-order valence-electron chi connectivity index (χ0n) is 7.09. The maximum atomic E-state index is 5.74. The smallest absolute Gasteiger partial charge is 0.184 e. The Hall–Kier alpha value is -0.700. The lowest BCUT2D eigenvalue weighted by Crippen LogP contribution is -2.13. The van der Waals surface area contributed by atoms with Gasteiger partial charge in [-0.2, -0.15) is 9.98 Å². The molecule has 2 atom stereocenters. The van der Waals surface area contributed by atoms with Crippen LogP contribution in [-0.4, -0.2) is 21.1 Å². The van der Waals surface area contributed by atoms with E-state index in [0.29, 0.717) is 0 Å². The topological polar surface area (TPSA) is 98.9 Å². The molecule has 0 spiro atoms. The summed E-state index contributed by atoms with van der Waals surface area (Å²) in [5, 5.41) is 16.8. The minimum Gasteiger partial charge on any atom is -0.184 e. The van der Waals surface area contributed by atoms with E-state index in [-0.39, 0.29) is 10.6 Å². The monoisotopic (exact) mass is 300 g/mol. The average Bonchev–Trinajstić information content (AvgIpc) is 2.70. The molecule has 2 rings (SSSR count). The van der Waals surface area contributed by atoms with E-state index >= 15 is 0 Å². The molecule has 0 saturated carbocycles. The molecule has 12 heteroatoms. The number of rotatable bonds is 2. The van der Waals surface area contributed by atoms with Gasteiger partial charge in [0.05, 0.1) is 0 Å². The third-order valence-corrected chi connectivity index (χ3v) is 2.08. The molecule has 0 aromatic carbocycles. The summed E-state index contributed by atoms with van der Waals surface area (Å²) in [5.74, 6) is 0. The number of alkyl halides is 2. The van der Waals surface area contributed by atoms with Gasteiger partial charge in [-0.25, -0.2) is 0 Å². The molecule has 0 fully saturated rings. The van der Waals surface area contributed by atoms with Crippen LogP contribution in [0.3, 0.4) is 0 Å². The van der Waals surface area contributed by atoms with Gasteiger partial charge in [-0.3, -0.25) is 0 Å². The van der Waals surface area contributed by atoms with Crippen molar-refractivity contribution in [1.29, 1.82) is 0 Å². The maximum Gasteiger partial charge on any atom is 0.364 e. The molecule has 0 aliphatic carbocycles. The summed E-state index contributed by atoms with van der Waals surface area (Å²) in [4.78, 5) is 7.15. The van der Waals surface area contributed by atoms with Crippen molar-refractivity contribution in [1.82, 2.24) is 0 Å². The summed E-state index contributed by atoms with van der Waals surface area (Å²) < 4.78 is 0. The Balaban J connectivity index is 2.18. The highest BCUT2D eigenvalue weighted by Crippen LogP contribution is 2.33. The standard InChI is InChI=1S/C4Cl4N8/c5-1-9-3(7,13-11-1)15-16-4(8)10-2(6)12-14-4. The van der Waals surface area contributed by atoms with Gasteiger partial charge >= 0.3 is 10.5 Å². The van der Waals surface area contributed by atoms with Gasteiger partial charge in [0.1, 0.15) is 0 Å². The van der Waals surface area contributed by atoms with Crippen molar-refractivity contribution < 1.29 is 0 Å². The minimum absolute atomic E-state index is 0.146. The molecular weight excluding hydrogens is 302 g/mol. The van der Waals surface area contributed by atoms with Crippen LogP contribution >= 0.6 is 46.4 Å². The van der Waals surface area contributed by atoms with E-state index in [1.54, 1.807) is 0 Å². The van der Waals surface area contributed by atoms with Crippen molar-refractivity contribution in [2.45, 2.75) is 10.5 Å². The Morgan fingerprint density at radius 1 is 0.812 bits per heavy atom. The van der Waals surface area contributed by atoms with Crippen LogP contribution in [0.1, 0.15) is 0 Å². The van der Waals surface area contributed by atoms with Gasteiger partial charge < -0.3 is 0 Å². The lowest BCUT2D eigenvalue weighted by Gasteiger charge is -2.07. The summed E-state index contributed by atoms with van der Waals surface area (Å²) >= 11 is 22.3. The first-order valence-corrected chi connectivity index (χ1v) is 5.10. The van der Waals surface area contributed by atoms with Gasteiger partial charge in [-0.05, 0) is 46.4 Å². The molecule has 2 unspecified atom stereocenters. The molecule has 2 aliphatic heterocycles. The predicted molar refractivity (Wildman–Crippen MR) is 58.3 cm³/mol. The van der Waals surface area contributed by atoms with Gasteiger partial charge in [0.15, 0.2) is 0 Å². The van der Waals surface area contributed by atoms with E-state index < -0.39 is 10.5 Å². The number of hydrogen-bond acceptors (Lipinski definition) is 8. The lowest BCUT2D eigenvalue weighted by molar-refractivity contribution is 0.543. The molecule has 0 bridgehead atoms. The first-order chi connectivity index (χ1) is 7.41. The fourth-order valence-electron chi connectivity index (χ4n) is 0.746. The Morgan fingerprint density at radius 3 is 1.44 bits per heavy atom. The first kappa shape index (κ1) is 11.8. The number of halogens is 4. The van der Waals surface area contributed by atoms with Crippen LogP contribution in [0.2, 0.25) is 0 Å². The molecular formula is C4Cl4N8. The first-order valence-electron chi connectivity index (χ1n) is 3.59. The van der Waals surface area contributed by atoms with Crippen molar-refractivity contribution in [3.63, 3.8) is 0 Å². The molecule has 16 heavy (non-hydrogen) atoms. The molecule has 84 valence electrons. The Kier molecular flexibility index (Phi) is 2.91. The minimum atomic E-state index is -1.76. The summed E-state index contributed by atoms with van der Waals surface area (Å²) in [6.45, 7) is 0. The van der Waals surface area contributed by atoms with E-state index in [4.69, 9.17) is 46.4 Å². The third kappa shape index (κ3) is 2.51. The van der Waals surface area contributed by atoms with Crippen molar-refractivity contribution in [2.75, 3.05) is 0 Å². The molecule has 8 nitrogen and oxygen atoms in total. The van der Waals surface area contributed by atoms with Crippen LogP contribution in [-0.2, 0) is 0 Å². The van der Waals surface area contributed by atoms with E-state index in [1.165, 1.54) is 0 Å². The quantitative estimate of drug-likeness (QED) is 0.425. The van der Waals surface area contributed by atoms with Crippen molar-refractivity contribution in [2.24, 2.45) is 40.7 Å². The van der Waals surface area contributed by atoms with Crippen LogP contribution in [0.4, 0.5) is 0 Å². The summed E-state index contributed by atoms with van der Waals surface area (Å²) in [7, 11) is 0. The van der Waals surface area contributed by atoms with Gasteiger partial charge in [0.25, 0.3) is 0 Å². The number of aliphatic imine (C=N–C) groups is 2. The highest BCUT2D eigenvalue weighted by atomic mass is 35.5. The second kappa shape index (κ2) is 3.95. The van der Waals surface area contributed by atoms with Gasteiger partial charge in [0, 0.05) is 0 Å². The average molecular weight is 302 g/mol. The third-order valence-electron chi connectivity index (χ3n) is 1.29. The van der Waals surface area contributed by atoms with Gasteiger partial charge in [0.2, 0.25) is 10.6 Å². The Bertz CT molecular complexity index is 425. The SMILES string of the molecule is ClC1=NC(Cl)(N=NC2(Cl)N=NC(Cl)=N2)N=N1. The lowest BCUT2D eigenvalue weighted by atomic mass is 10.9. The number of hydrogen-bond donors (Lipinski definition) is 0. The highest BCUT2D eigenvalue weighted by Gasteiger charge is 2.36. The van der Waals surface area contributed by atoms with Crippen LogP contribution < -0.4 is 0 Å². The second-order valence-electron chi connectivity index (χ2n) is 2.47. The number of azo groups is 3. The van der Waals surface area contributed by atoms with Crippen molar-refractivity contribution in [3.8, 4) is 0 Å². The van der Waals surface area contributed by atoms with Crippen molar-refractivity contribution in [3.05, 3.63) is 0 Å². The number of nitrogens with zero attached hydrogens (tertiary/aromatic N) is 8. The van der Waals surface area contributed by atoms with E-state index in [2.05, 4.69) is 40.7 Å². The highest BCUT2D eigenvalue weighted by molar-refractivity contribution is 6.65. The molecule has 2 heterocycles. The van der Waals surface area contributed by atoms with Gasteiger partial charge in [-0.15, -0.1) is 30.7 Å². The molecule has 0 aromatic heterocycles. The van der Waals surface area contributed by atoms with E-state index in [1.807, 2.05) is 0 Å². The van der Waals surface area contributed by atoms with Crippen LogP contribution in [0.15, 0.2) is 40.7 Å². The molecule has 0 saturated heterocycles. The fourth-order valence-corrected chi connectivity index (χ4v) is 1.46. The molecule has 0 amide bonds. The van der Waals surface area contributed by atoms with E-state index in [9.17, 15) is 0 Å². The normalized spacial score (nSPS) is 37.2. The Labute approximate surface area is 108 Å². The summed E-state index contributed by atoms with van der Waals surface area (Å²) in [6.07, 6.45) is 0. The van der Waals surface area contributed by atoms with Crippen LogP contribution in [0, 0.1) is 0 Å². The molecule has 2 aliphatic rings. The Morgan fingerprint density at radius 2 is 1.19 bits per heavy atom. The van der Waals surface area contributed by atoms with Crippen molar-refractivity contribution >= 4 is 57.0 Å². The molecule has 0 N–H and O–H groups in total. The molecule has 0 radical (unpaired) electrons. The predicted octanol–water partition coefficient (Wildman–Crippen LogP) is 3.26. The fraction of sp³-hybridized carbons (Fsp3) is 0.500. The zero-order chi connectivity index (χ0) is 11.8. The zero-order valence-corrected chi connectivity index (χ0v) is 10.1. The number of amidine groups is 2. The largest absolute Gasteiger partial charge is 0.364 e. The molecule has 0 aromatic rings. The van der Waals surface area contributed by atoms with Gasteiger partial charge in [-0.1, -0.05) is 0 Å².